The number of pyridine rings is 1. The summed E-state index contributed by atoms with van der Waals surface area (Å²) in [5.74, 6) is 1.09. The van der Waals surface area contributed by atoms with E-state index in [1.54, 1.807) is 24.3 Å². The maximum atomic E-state index is 12.3. The summed E-state index contributed by atoms with van der Waals surface area (Å²) in [6, 6.07) is 5.65. The first kappa shape index (κ1) is 17.6. The first-order valence-corrected chi connectivity index (χ1v) is 10.1. The van der Waals surface area contributed by atoms with E-state index < -0.39 is 10.0 Å². The van der Waals surface area contributed by atoms with Crippen LogP contribution in [0.3, 0.4) is 0 Å². The van der Waals surface area contributed by atoms with Crippen molar-refractivity contribution in [1.82, 2.24) is 14.2 Å². The van der Waals surface area contributed by atoms with Crippen LogP contribution in [0.15, 0.2) is 24.4 Å². The summed E-state index contributed by atoms with van der Waals surface area (Å²) in [4.78, 5) is 6.52. The van der Waals surface area contributed by atoms with Crippen molar-refractivity contribution < 1.29 is 13.2 Å². The molecule has 2 saturated heterocycles. The van der Waals surface area contributed by atoms with Gasteiger partial charge in [-0.1, -0.05) is 6.07 Å². The average molecular weight is 353 g/mol. The van der Waals surface area contributed by atoms with Gasteiger partial charge in [0.25, 0.3) is 0 Å². The molecule has 0 radical (unpaired) electrons. The van der Waals surface area contributed by atoms with Crippen LogP contribution in [-0.2, 0) is 10.0 Å². The molecule has 0 aliphatic carbocycles. The van der Waals surface area contributed by atoms with Crippen LogP contribution in [0.25, 0.3) is 0 Å². The Hall–Kier alpha value is -1.18. The zero-order valence-corrected chi connectivity index (χ0v) is 15.5. The highest BCUT2D eigenvalue weighted by molar-refractivity contribution is 7.89. The molecule has 0 bridgehead atoms. The lowest BCUT2D eigenvalue weighted by atomic mass is 9.77. The molecule has 2 fully saturated rings. The van der Waals surface area contributed by atoms with Gasteiger partial charge in [0.15, 0.2) is 0 Å². The minimum atomic E-state index is -3.15. The van der Waals surface area contributed by atoms with Crippen molar-refractivity contribution in [2.45, 2.75) is 37.5 Å². The highest BCUT2D eigenvalue weighted by atomic mass is 32.2. The Morgan fingerprint density at radius 1 is 1.38 bits per heavy atom. The van der Waals surface area contributed by atoms with Gasteiger partial charge < -0.3 is 4.74 Å². The third-order valence-corrected chi connectivity index (χ3v) is 7.52. The summed E-state index contributed by atoms with van der Waals surface area (Å²) in [6.45, 7) is 6.31. The van der Waals surface area contributed by atoms with Gasteiger partial charge in [0, 0.05) is 30.9 Å². The number of piperidine rings is 1. The summed E-state index contributed by atoms with van der Waals surface area (Å²) in [7, 11) is -1.04. The van der Waals surface area contributed by atoms with Gasteiger partial charge in [-0.25, -0.2) is 13.4 Å². The van der Waals surface area contributed by atoms with Gasteiger partial charge in [0.1, 0.15) is 0 Å². The molecular weight excluding hydrogens is 326 g/mol. The quantitative estimate of drug-likeness (QED) is 0.804. The molecule has 0 unspecified atom stereocenters. The second kappa shape index (κ2) is 6.61. The number of rotatable bonds is 5. The molecule has 134 valence electrons. The highest BCUT2D eigenvalue weighted by Gasteiger charge is 2.53. The Balaban J connectivity index is 1.59. The second-order valence-corrected chi connectivity index (χ2v) is 9.83. The maximum absolute atomic E-state index is 12.3. The molecule has 3 heterocycles. The lowest BCUT2D eigenvalue weighted by molar-refractivity contribution is -0.0500. The van der Waals surface area contributed by atoms with Crippen LogP contribution in [0, 0.1) is 5.92 Å². The van der Waals surface area contributed by atoms with Gasteiger partial charge in [-0.05, 0) is 52.3 Å². The summed E-state index contributed by atoms with van der Waals surface area (Å²) >= 11 is 0. The number of likely N-dealkylation sites (N-methyl/N-ethyl adjacent to an activating group) is 1. The SMILES string of the molecule is CC(C)S(=O)(=O)N1CC2(C[C@@H](COc3ccccn3)CCN2C)C1. The van der Waals surface area contributed by atoms with E-state index in [-0.39, 0.29) is 10.8 Å². The number of nitrogens with zero attached hydrogens (tertiary/aromatic N) is 3. The smallest absolute Gasteiger partial charge is 0.216 e. The fourth-order valence-corrected chi connectivity index (χ4v) is 5.08. The van der Waals surface area contributed by atoms with Gasteiger partial charge >= 0.3 is 0 Å². The Kier molecular flexibility index (Phi) is 4.86. The first-order valence-electron chi connectivity index (χ1n) is 8.57. The lowest BCUT2D eigenvalue weighted by Gasteiger charge is -2.58. The molecular formula is C17H27N3O3S. The Morgan fingerprint density at radius 3 is 2.75 bits per heavy atom. The van der Waals surface area contributed by atoms with E-state index in [4.69, 9.17) is 4.74 Å². The van der Waals surface area contributed by atoms with Crippen molar-refractivity contribution in [3.05, 3.63) is 24.4 Å². The topological polar surface area (TPSA) is 62.7 Å². The predicted octanol–water partition coefficient (Wildman–Crippen LogP) is 1.59. The van der Waals surface area contributed by atoms with E-state index in [9.17, 15) is 8.42 Å². The molecule has 6 nitrogen and oxygen atoms in total. The zero-order chi connectivity index (χ0) is 17.4. The summed E-state index contributed by atoms with van der Waals surface area (Å²) in [5, 5.41) is -0.355. The molecule has 0 amide bonds. The van der Waals surface area contributed by atoms with Gasteiger partial charge in [0.2, 0.25) is 15.9 Å². The van der Waals surface area contributed by atoms with Crippen LogP contribution in [0.2, 0.25) is 0 Å². The third kappa shape index (κ3) is 3.30. The van der Waals surface area contributed by atoms with Crippen LogP contribution >= 0.6 is 0 Å². The van der Waals surface area contributed by atoms with Gasteiger partial charge in [-0.15, -0.1) is 0 Å². The van der Waals surface area contributed by atoms with E-state index >= 15 is 0 Å². The zero-order valence-electron chi connectivity index (χ0n) is 14.7. The summed E-state index contributed by atoms with van der Waals surface area (Å²) < 4.78 is 32.1. The number of sulfonamides is 1. The average Bonchev–Trinajstić information content (AvgIpc) is 2.52. The van der Waals surface area contributed by atoms with Crippen molar-refractivity contribution in [3.63, 3.8) is 0 Å². The fourth-order valence-electron chi connectivity index (χ4n) is 3.65. The second-order valence-electron chi connectivity index (χ2n) is 7.35. The molecule has 1 aromatic heterocycles. The van der Waals surface area contributed by atoms with E-state index in [0.29, 0.717) is 31.5 Å². The van der Waals surface area contributed by atoms with Crippen LogP contribution in [0.5, 0.6) is 5.88 Å². The van der Waals surface area contributed by atoms with Crippen LogP contribution in [0.4, 0.5) is 0 Å². The van der Waals surface area contributed by atoms with Crippen LogP contribution in [-0.4, -0.2) is 66.7 Å². The third-order valence-electron chi connectivity index (χ3n) is 5.35. The normalized spacial score (nSPS) is 24.9. The predicted molar refractivity (Wildman–Crippen MR) is 93.4 cm³/mol. The molecule has 1 aromatic rings. The van der Waals surface area contributed by atoms with Crippen LogP contribution in [0.1, 0.15) is 26.7 Å². The molecule has 0 aromatic carbocycles. The van der Waals surface area contributed by atoms with Crippen molar-refractivity contribution in [1.29, 1.82) is 0 Å². The van der Waals surface area contributed by atoms with E-state index in [0.717, 1.165) is 19.4 Å². The molecule has 7 heteroatoms. The van der Waals surface area contributed by atoms with Crippen molar-refractivity contribution >= 4 is 10.0 Å². The molecule has 0 N–H and O–H groups in total. The standard InChI is InChI=1S/C17H27N3O3S/c1-14(2)24(21,22)20-12-17(13-20)10-15(7-9-19(17)3)11-23-16-6-4-5-8-18-16/h4-6,8,14-15H,7,9-13H2,1-3H3/t15-/m0/s1. The van der Waals surface area contributed by atoms with Gasteiger partial charge in [-0.2, -0.15) is 4.31 Å². The molecule has 1 atom stereocenters. The first-order chi connectivity index (χ1) is 11.3. The molecule has 1 spiro atoms. The molecule has 2 aliphatic rings. The molecule has 0 saturated carbocycles. The fraction of sp³-hybridized carbons (Fsp3) is 0.706. The summed E-state index contributed by atoms with van der Waals surface area (Å²) in [5.41, 5.74) is -0.0294. The number of likely N-dealkylation sites (tertiary alicyclic amines) is 1. The van der Waals surface area contributed by atoms with Gasteiger partial charge in [0.05, 0.1) is 11.9 Å². The van der Waals surface area contributed by atoms with Crippen molar-refractivity contribution in [2.75, 3.05) is 33.3 Å². The highest BCUT2D eigenvalue weighted by Crippen LogP contribution is 2.40. The Labute approximate surface area is 144 Å². The molecule has 2 aliphatic heterocycles. The van der Waals surface area contributed by atoms with E-state index in [1.807, 2.05) is 18.2 Å². The molecule has 24 heavy (non-hydrogen) atoms. The number of hydrogen-bond donors (Lipinski definition) is 0. The van der Waals surface area contributed by atoms with E-state index in [2.05, 4.69) is 16.9 Å². The van der Waals surface area contributed by atoms with Gasteiger partial charge in [-0.3, -0.25) is 4.90 Å². The lowest BCUT2D eigenvalue weighted by Crippen LogP contribution is -2.73. The minimum Gasteiger partial charge on any atom is -0.477 e. The van der Waals surface area contributed by atoms with Crippen molar-refractivity contribution in [3.8, 4) is 5.88 Å². The number of hydrogen-bond acceptors (Lipinski definition) is 5. The minimum absolute atomic E-state index is 0.0294. The number of ether oxygens (including phenoxy) is 1. The van der Waals surface area contributed by atoms with E-state index in [1.165, 1.54) is 0 Å². The van der Waals surface area contributed by atoms with Crippen LogP contribution < -0.4 is 4.74 Å². The summed E-state index contributed by atoms with van der Waals surface area (Å²) in [6.07, 6.45) is 3.77. The Morgan fingerprint density at radius 2 is 2.12 bits per heavy atom. The Bertz CT molecular complexity index is 657. The monoisotopic (exact) mass is 353 g/mol. The number of aromatic nitrogens is 1. The maximum Gasteiger partial charge on any atom is 0.216 e. The van der Waals surface area contributed by atoms with Crippen molar-refractivity contribution in [2.24, 2.45) is 5.92 Å². The molecule has 3 rings (SSSR count). The largest absolute Gasteiger partial charge is 0.477 e.